The second kappa shape index (κ2) is 22.0. The van der Waals surface area contributed by atoms with Crippen molar-refractivity contribution in [2.24, 2.45) is 0 Å². The third-order valence-electron chi connectivity index (χ3n) is 5.80. The first-order valence-electron chi connectivity index (χ1n) is 13.8. The van der Waals surface area contributed by atoms with Crippen LogP contribution in [0.4, 0.5) is 0 Å². The number of phenols is 1. The van der Waals surface area contributed by atoms with Crippen LogP contribution in [0.2, 0.25) is 0 Å². The fourth-order valence-corrected chi connectivity index (χ4v) is 3.58. The standard InChI is InChI=1S/C31H46O7/c1-3-4-5-6-7-8-9-10-11-12-13-14-15-16-17-18-30(34)37-24-27(32)25-38-31(35)22-20-26-19-21-28(33)29(23-26)36-2/h7-8,10-11,19-23,27,32-33H,3-6,9,12-18,24-25H2,1-2H3/b8-7-,11-10-,22-20+. The van der Waals surface area contributed by atoms with Gasteiger partial charge in [-0.3, -0.25) is 4.79 Å². The van der Waals surface area contributed by atoms with Crippen molar-refractivity contribution >= 4 is 18.0 Å². The zero-order valence-corrected chi connectivity index (χ0v) is 23.1. The van der Waals surface area contributed by atoms with E-state index in [9.17, 15) is 19.8 Å². The van der Waals surface area contributed by atoms with Crippen LogP contribution in [-0.2, 0) is 19.1 Å². The summed E-state index contributed by atoms with van der Waals surface area (Å²) >= 11 is 0. The zero-order chi connectivity index (χ0) is 27.8. The third-order valence-corrected chi connectivity index (χ3v) is 5.80. The second-order valence-electron chi connectivity index (χ2n) is 9.21. The lowest BCUT2D eigenvalue weighted by atomic mass is 10.1. The highest BCUT2D eigenvalue weighted by Crippen LogP contribution is 2.26. The Bertz CT molecular complexity index is 873. The van der Waals surface area contributed by atoms with E-state index in [0.717, 1.165) is 44.9 Å². The van der Waals surface area contributed by atoms with Gasteiger partial charge in [-0.1, -0.05) is 69.4 Å². The van der Waals surface area contributed by atoms with Gasteiger partial charge in [-0.15, -0.1) is 0 Å². The van der Waals surface area contributed by atoms with Crippen molar-refractivity contribution in [3.05, 3.63) is 54.1 Å². The summed E-state index contributed by atoms with van der Waals surface area (Å²) < 4.78 is 15.1. The van der Waals surface area contributed by atoms with Crippen LogP contribution in [0.5, 0.6) is 11.5 Å². The van der Waals surface area contributed by atoms with Gasteiger partial charge < -0.3 is 24.4 Å². The lowest BCUT2D eigenvalue weighted by Crippen LogP contribution is -2.24. The van der Waals surface area contributed by atoms with Crippen molar-refractivity contribution < 1.29 is 34.0 Å². The predicted octanol–water partition coefficient (Wildman–Crippen LogP) is 6.67. The molecule has 1 atom stereocenters. The molecule has 0 heterocycles. The number of hydrogen-bond acceptors (Lipinski definition) is 7. The minimum Gasteiger partial charge on any atom is -0.504 e. The van der Waals surface area contributed by atoms with Gasteiger partial charge in [-0.25, -0.2) is 4.79 Å². The molecule has 0 saturated carbocycles. The lowest BCUT2D eigenvalue weighted by Gasteiger charge is -2.11. The fraction of sp³-hybridized carbons (Fsp3) is 0.548. The number of ether oxygens (including phenoxy) is 3. The first-order chi connectivity index (χ1) is 18.5. The zero-order valence-electron chi connectivity index (χ0n) is 23.1. The van der Waals surface area contributed by atoms with Crippen LogP contribution in [0.1, 0.15) is 89.5 Å². The van der Waals surface area contributed by atoms with Crippen LogP contribution in [-0.4, -0.2) is 48.6 Å². The first-order valence-corrected chi connectivity index (χ1v) is 13.8. The maximum Gasteiger partial charge on any atom is 0.330 e. The number of methoxy groups -OCH3 is 1. The topological polar surface area (TPSA) is 102 Å². The number of rotatable bonds is 21. The number of aliphatic hydroxyl groups is 1. The Morgan fingerprint density at radius 1 is 0.895 bits per heavy atom. The number of phenolic OH excluding ortho intramolecular Hbond substituents is 1. The largest absolute Gasteiger partial charge is 0.504 e. The molecule has 1 unspecified atom stereocenters. The Morgan fingerprint density at radius 3 is 2.26 bits per heavy atom. The molecular weight excluding hydrogens is 484 g/mol. The van der Waals surface area contributed by atoms with Crippen LogP contribution in [0.25, 0.3) is 6.08 Å². The highest BCUT2D eigenvalue weighted by Gasteiger charge is 2.11. The Balaban J connectivity index is 2.02. The number of aliphatic hydroxyl groups excluding tert-OH is 1. The molecular formula is C31H46O7. The molecule has 0 aliphatic rings. The molecule has 1 rings (SSSR count). The predicted molar refractivity (Wildman–Crippen MR) is 151 cm³/mol. The summed E-state index contributed by atoms with van der Waals surface area (Å²) in [7, 11) is 1.43. The molecule has 7 nitrogen and oxygen atoms in total. The van der Waals surface area contributed by atoms with Gasteiger partial charge in [0.2, 0.25) is 0 Å². The molecule has 0 bridgehead atoms. The van der Waals surface area contributed by atoms with E-state index < -0.39 is 12.1 Å². The summed E-state index contributed by atoms with van der Waals surface area (Å²) in [5, 5.41) is 19.5. The number of aromatic hydroxyl groups is 1. The van der Waals surface area contributed by atoms with Gasteiger partial charge in [0.1, 0.15) is 19.3 Å². The molecule has 0 aliphatic heterocycles. The maximum absolute atomic E-state index is 11.9. The number of benzene rings is 1. The van der Waals surface area contributed by atoms with Crippen molar-refractivity contribution in [1.82, 2.24) is 0 Å². The number of hydrogen-bond donors (Lipinski definition) is 2. The van der Waals surface area contributed by atoms with Gasteiger partial charge in [-0.2, -0.15) is 0 Å². The summed E-state index contributed by atoms with van der Waals surface area (Å²) in [5.41, 5.74) is 0.638. The number of allylic oxidation sites excluding steroid dienone is 4. The molecule has 0 radical (unpaired) electrons. The van der Waals surface area contributed by atoms with Gasteiger partial charge in [0, 0.05) is 12.5 Å². The molecule has 1 aromatic rings. The van der Waals surface area contributed by atoms with Crippen LogP contribution in [0, 0.1) is 0 Å². The van der Waals surface area contributed by atoms with Gasteiger partial charge in [0.15, 0.2) is 11.5 Å². The Morgan fingerprint density at radius 2 is 1.55 bits per heavy atom. The fourth-order valence-electron chi connectivity index (χ4n) is 3.58. The number of unbranched alkanes of at least 4 members (excludes halogenated alkanes) is 8. The van der Waals surface area contributed by atoms with Crippen molar-refractivity contribution in [1.29, 1.82) is 0 Å². The molecule has 0 fully saturated rings. The Hall–Kier alpha value is -3.06. The molecule has 212 valence electrons. The van der Waals surface area contributed by atoms with Gasteiger partial charge in [0.05, 0.1) is 7.11 Å². The molecule has 7 heteroatoms. The van der Waals surface area contributed by atoms with Crippen LogP contribution >= 0.6 is 0 Å². The van der Waals surface area contributed by atoms with Crippen molar-refractivity contribution in [2.45, 2.75) is 90.1 Å². The van der Waals surface area contributed by atoms with E-state index in [-0.39, 0.29) is 30.7 Å². The summed E-state index contributed by atoms with van der Waals surface area (Å²) in [4.78, 5) is 23.7. The second-order valence-corrected chi connectivity index (χ2v) is 9.21. The smallest absolute Gasteiger partial charge is 0.330 e. The van der Waals surface area contributed by atoms with Gasteiger partial charge in [0.25, 0.3) is 0 Å². The van der Waals surface area contributed by atoms with E-state index in [2.05, 4.69) is 31.2 Å². The normalized spacial score (nSPS) is 12.4. The van der Waals surface area contributed by atoms with Crippen LogP contribution < -0.4 is 4.74 Å². The lowest BCUT2D eigenvalue weighted by molar-refractivity contribution is -0.150. The minimum atomic E-state index is -1.09. The summed E-state index contributed by atoms with van der Waals surface area (Å²) in [6.07, 6.45) is 23.2. The highest BCUT2D eigenvalue weighted by molar-refractivity contribution is 5.87. The number of carbonyl (C=O) groups excluding carboxylic acids is 2. The van der Waals surface area contributed by atoms with Gasteiger partial charge >= 0.3 is 11.9 Å². The summed E-state index contributed by atoms with van der Waals surface area (Å²) in [6, 6.07) is 4.64. The SMILES string of the molecule is CCCCC/C=C\C/C=C\CCCCCCCC(=O)OCC(O)COC(=O)/C=C/c1ccc(O)c(OC)c1. The van der Waals surface area contributed by atoms with Crippen molar-refractivity contribution in [3.63, 3.8) is 0 Å². The molecule has 0 saturated heterocycles. The van der Waals surface area contributed by atoms with Crippen molar-refractivity contribution in [2.75, 3.05) is 20.3 Å². The summed E-state index contributed by atoms with van der Waals surface area (Å²) in [6.45, 7) is 1.73. The van der Waals surface area contributed by atoms with E-state index >= 15 is 0 Å². The number of esters is 2. The molecule has 0 aromatic heterocycles. The number of carbonyl (C=O) groups is 2. The van der Waals surface area contributed by atoms with E-state index in [0.29, 0.717) is 12.0 Å². The van der Waals surface area contributed by atoms with E-state index in [1.54, 1.807) is 12.1 Å². The van der Waals surface area contributed by atoms with Crippen LogP contribution in [0.15, 0.2) is 48.6 Å². The van der Waals surface area contributed by atoms with E-state index in [4.69, 9.17) is 14.2 Å². The maximum atomic E-state index is 11.9. The molecule has 0 spiro atoms. The minimum absolute atomic E-state index is 0.000316. The third kappa shape index (κ3) is 17.4. The Labute approximate surface area is 228 Å². The Kier molecular flexibility index (Phi) is 19.1. The van der Waals surface area contributed by atoms with Crippen molar-refractivity contribution in [3.8, 4) is 11.5 Å². The average Bonchev–Trinajstić information content (AvgIpc) is 2.92. The molecule has 1 aromatic carbocycles. The van der Waals surface area contributed by atoms with E-state index in [1.165, 1.54) is 51.0 Å². The molecule has 0 amide bonds. The molecule has 2 N–H and O–H groups in total. The highest BCUT2D eigenvalue weighted by atomic mass is 16.6. The average molecular weight is 531 g/mol. The quantitative estimate of drug-likeness (QED) is 0.0791. The first kappa shape index (κ1) is 33.0. The van der Waals surface area contributed by atoms with E-state index in [1.807, 2.05) is 0 Å². The molecule has 38 heavy (non-hydrogen) atoms. The summed E-state index contributed by atoms with van der Waals surface area (Å²) in [5.74, 6) is -0.715. The van der Waals surface area contributed by atoms with Gasteiger partial charge in [-0.05, 0) is 62.3 Å². The van der Waals surface area contributed by atoms with Crippen LogP contribution in [0.3, 0.4) is 0 Å². The molecule has 0 aliphatic carbocycles. The monoisotopic (exact) mass is 530 g/mol.